The number of fused-ring (bicyclic) bond motifs is 1. The maximum Gasteiger partial charge on any atom is 0.337 e. The lowest BCUT2D eigenvalue weighted by Crippen LogP contribution is -2.54. The number of carbonyl (C=O) groups is 2. The van der Waals surface area contributed by atoms with Crippen LogP contribution in [0.2, 0.25) is 5.02 Å². The van der Waals surface area contributed by atoms with E-state index in [-0.39, 0.29) is 17.2 Å². The van der Waals surface area contributed by atoms with Gasteiger partial charge in [-0.25, -0.2) is 13.6 Å². The highest BCUT2D eigenvalue weighted by Gasteiger charge is 2.52. The Morgan fingerprint density at radius 2 is 1.68 bits per heavy atom. The number of methoxy groups -OCH3 is 1. The molecule has 0 bridgehead atoms. The van der Waals surface area contributed by atoms with Gasteiger partial charge >= 0.3 is 5.97 Å². The van der Waals surface area contributed by atoms with E-state index in [2.05, 4.69) is 20.7 Å². The Labute approximate surface area is 224 Å². The molecule has 1 aliphatic heterocycles. The van der Waals surface area contributed by atoms with Crippen LogP contribution in [-0.2, 0) is 15.2 Å². The van der Waals surface area contributed by atoms with Gasteiger partial charge in [0.15, 0.2) is 0 Å². The van der Waals surface area contributed by atoms with E-state index in [0.717, 1.165) is 43.7 Å². The molecule has 1 fully saturated rings. The molecule has 3 aromatic rings. The minimum absolute atomic E-state index is 0.0427. The van der Waals surface area contributed by atoms with E-state index in [1.807, 2.05) is 12.1 Å². The van der Waals surface area contributed by atoms with E-state index in [1.54, 1.807) is 18.2 Å². The van der Waals surface area contributed by atoms with Gasteiger partial charge in [0.1, 0.15) is 17.3 Å². The first-order valence-corrected chi connectivity index (χ1v) is 13.0. The van der Waals surface area contributed by atoms with Crippen molar-refractivity contribution in [3.05, 3.63) is 88.4 Å². The van der Waals surface area contributed by atoms with Crippen molar-refractivity contribution in [1.82, 2.24) is 0 Å². The Balaban J connectivity index is 1.58. The van der Waals surface area contributed by atoms with Crippen LogP contribution in [0.1, 0.15) is 48.0 Å². The summed E-state index contributed by atoms with van der Waals surface area (Å²) in [6.07, 6.45) is 4.63. The van der Waals surface area contributed by atoms with E-state index in [0.29, 0.717) is 16.4 Å². The average Bonchev–Trinajstić information content (AvgIpc) is 3.29. The number of benzene rings is 3. The summed E-state index contributed by atoms with van der Waals surface area (Å²) in [4.78, 5) is 26.0. The summed E-state index contributed by atoms with van der Waals surface area (Å²) in [5.74, 6) is -2.98. The van der Waals surface area contributed by atoms with E-state index in [1.165, 1.54) is 31.4 Å². The predicted octanol–water partition coefficient (Wildman–Crippen LogP) is 6.93. The van der Waals surface area contributed by atoms with Crippen molar-refractivity contribution in [2.75, 3.05) is 23.1 Å². The molecule has 2 aliphatic rings. The first kappa shape index (κ1) is 26.0. The molecule has 198 valence electrons. The number of hydrogen-bond acceptors (Lipinski definition) is 5. The van der Waals surface area contributed by atoms with Crippen LogP contribution in [0.25, 0.3) is 0 Å². The van der Waals surface area contributed by atoms with E-state index >= 15 is 4.39 Å². The second kappa shape index (κ2) is 10.6. The number of anilines is 3. The first-order chi connectivity index (χ1) is 18.3. The van der Waals surface area contributed by atoms with Gasteiger partial charge in [-0.2, -0.15) is 0 Å². The second-order valence-electron chi connectivity index (χ2n) is 9.81. The molecule has 1 saturated carbocycles. The fourth-order valence-electron chi connectivity index (χ4n) is 5.68. The van der Waals surface area contributed by atoms with Crippen molar-refractivity contribution >= 4 is 40.5 Å². The minimum atomic E-state index is -1.14. The summed E-state index contributed by atoms with van der Waals surface area (Å²) in [7, 11) is 1.21. The molecule has 6 nitrogen and oxygen atoms in total. The van der Waals surface area contributed by atoms with Crippen molar-refractivity contribution in [1.29, 1.82) is 0 Å². The van der Waals surface area contributed by atoms with Crippen LogP contribution in [0.4, 0.5) is 25.8 Å². The highest BCUT2D eigenvalue weighted by atomic mass is 35.5. The first-order valence-electron chi connectivity index (χ1n) is 12.6. The van der Waals surface area contributed by atoms with E-state index in [4.69, 9.17) is 11.6 Å². The Hall–Kier alpha value is -3.65. The monoisotopic (exact) mass is 539 g/mol. The van der Waals surface area contributed by atoms with Gasteiger partial charge < -0.3 is 20.7 Å². The van der Waals surface area contributed by atoms with Crippen molar-refractivity contribution in [3.63, 3.8) is 0 Å². The summed E-state index contributed by atoms with van der Waals surface area (Å²) >= 11 is 6.19. The van der Waals surface area contributed by atoms with Gasteiger partial charge in [-0.05, 0) is 72.9 Å². The molecule has 38 heavy (non-hydrogen) atoms. The van der Waals surface area contributed by atoms with E-state index < -0.39 is 35.1 Å². The summed E-state index contributed by atoms with van der Waals surface area (Å²) in [6, 6.07) is 15.3. The standard InChI is InChI=1S/C29H28ClF2N3O3/c1-38-28(37)18-7-13-23(22(32)15-18)33-27(36)26(17-5-3-2-4-6-17)29(19-8-10-20(30)11-9-19)34-24-14-12-21(31)16-25(24)35-29/h7-17,26,34-35H,2-6H2,1H3,(H,33,36). The average molecular weight is 540 g/mol. The Morgan fingerprint density at radius 3 is 2.37 bits per heavy atom. The van der Waals surface area contributed by atoms with Gasteiger partial charge in [0.2, 0.25) is 5.91 Å². The third-order valence-electron chi connectivity index (χ3n) is 7.46. The summed E-state index contributed by atoms with van der Waals surface area (Å²) in [5, 5.41) is 10.2. The minimum Gasteiger partial charge on any atom is -0.465 e. The van der Waals surface area contributed by atoms with Gasteiger partial charge in [-0.3, -0.25) is 4.79 Å². The van der Waals surface area contributed by atoms with Crippen LogP contribution in [-0.4, -0.2) is 19.0 Å². The zero-order chi connectivity index (χ0) is 26.9. The van der Waals surface area contributed by atoms with Crippen molar-refractivity contribution < 1.29 is 23.1 Å². The van der Waals surface area contributed by atoms with Gasteiger partial charge in [0.25, 0.3) is 0 Å². The Bertz CT molecular complexity index is 1360. The summed E-state index contributed by atoms with van der Waals surface area (Å²) in [5.41, 5.74) is 0.781. The fraction of sp³-hybridized carbons (Fsp3) is 0.310. The summed E-state index contributed by atoms with van der Waals surface area (Å²) in [6.45, 7) is 0. The lowest BCUT2D eigenvalue weighted by Gasteiger charge is -2.43. The van der Waals surface area contributed by atoms with Crippen molar-refractivity contribution in [3.8, 4) is 0 Å². The lowest BCUT2D eigenvalue weighted by atomic mass is 9.71. The van der Waals surface area contributed by atoms with Crippen LogP contribution >= 0.6 is 11.6 Å². The molecule has 5 rings (SSSR count). The number of carbonyl (C=O) groups excluding carboxylic acids is 2. The van der Waals surface area contributed by atoms with Crippen LogP contribution < -0.4 is 16.0 Å². The van der Waals surface area contributed by atoms with Crippen molar-refractivity contribution in [2.45, 2.75) is 37.8 Å². The second-order valence-corrected chi connectivity index (χ2v) is 10.2. The van der Waals surface area contributed by atoms with E-state index in [9.17, 15) is 14.0 Å². The molecule has 2 atom stereocenters. The quantitative estimate of drug-likeness (QED) is 0.296. The molecule has 2 unspecified atom stereocenters. The zero-order valence-corrected chi connectivity index (χ0v) is 21.6. The number of nitrogens with one attached hydrogen (secondary N) is 3. The largest absolute Gasteiger partial charge is 0.465 e. The number of amides is 1. The molecule has 1 heterocycles. The Kier molecular flexibility index (Phi) is 7.25. The van der Waals surface area contributed by atoms with Gasteiger partial charge in [-0.15, -0.1) is 0 Å². The van der Waals surface area contributed by atoms with Crippen LogP contribution in [0.5, 0.6) is 0 Å². The smallest absolute Gasteiger partial charge is 0.337 e. The normalized spacial score (nSPS) is 19.6. The third kappa shape index (κ3) is 4.92. The highest BCUT2D eigenvalue weighted by molar-refractivity contribution is 6.30. The Morgan fingerprint density at radius 1 is 0.974 bits per heavy atom. The molecular formula is C29H28ClF2N3O3. The molecule has 1 amide bonds. The summed E-state index contributed by atoms with van der Waals surface area (Å²) < 4.78 is 33.9. The van der Waals surface area contributed by atoms with Crippen LogP contribution in [0.3, 0.4) is 0 Å². The highest BCUT2D eigenvalue weighted by Crippen LogP contribution is 2.49. The molecule has 0 spiro atoms. The van der Waals surface area contributed by atoms with Gasteiger partial charge in [0, 0.05) is 5.02 Å². The number of rotatable bonds is 6. The maximum atomic E-state index is 15.0. The SMILES string of the molecule is COC(=O)c1ccc(NC(=O)C(C2CCCCC2)C2(c3ccc(Cl)cc3)Nc3ccc(F)cc3N2)c(F)c1. The molecule has 0 aromatic heterocycles. The van der Waals surface area contributed by atoms with Crippen molar-refractivity contribution in [2.24, 2.45) is 11.8 Å². The number of esters is 1. The predicted molar refractivity (Wildman–Crippen MR) is 143 cm³/mol. The molecule has 9 heteroatoms. The fourth-order valence-corrected chi connectivity index (χ4v) is 5.81. The third-order valence-corrected chi connectivity index (χ3v) is 7.72. The molecular weight excluding hydrogens is 512 g/mol. The lowest BCUT2D eigenvalue weighted by molar-refractivity contribution is -0.124. The molecule has 0 radical (unpaired) electrons. The maximum absolute atomic E-state index is 15.0. The number of ether oxygens (including phenoxy) is 1. The number of hydrogen-bond donors (Lipinski definition) is 3. The van der Waals surface area contributed by atoms with Crippen LogP contribution in [0.15, 0.2) is 60.7 Å². The number of halogens is 3. The molecule has 0 saturated heterocycles. The topological polar surface area (TPSA) is 79.5 Å². The molecule has 3 aromatic carbocycles. The van der Waals surface area contributed by atoms with Crippen LogP contribution in [0, 0.1) is 23.5 Å². The van der Waals surface area contributed by atoms with Gasteiger partial charge in [-0.1, -0.05) is 43.0 Å². The zero-order valence-electron chi connectivity index (χ0n) is 20.8. The van der Waals surface area contributed by atoms with Gasteiger partial charge in [0.05, 0.1) is 35.7 Å². The molecule has 1 aliphatic carbocycles. The molecule has 3 N–H and O–H groups in total.